The van der Waals surface area contributed by atoms with Crippen molar-refractivity contribution in [2.45, 2.75) is 19.8 Å². The molecule has 0 bridgehead atoms. The maximum absolute atomic E-state index is 12.4. The standard InChI is InChI=1S/C24H23NO3S/c1-3-28-24(27)20-16-21(17(2)19-12-8-5-9-13-19)29-23(20)25-22(26)15-14-18-10-6-4-7-11-18/h4-17H,3H2,1-2H3,(H,25,26)/b15-14+/t17-/m1/s1. The van der Waals surface area contributed by atoms with Gasteiger partial charge in [0.1, 0.15) is 5.00 Å². The van der Waals surface area contributed by atoms with E-state index in [9.17, 15) is 9.59 Å². The molecule has 1 amide bonds. The van der Waals surface area contributed by atoms with Crippen LogP contribution in [-0.2, 0) is 9.53 Å². The molecule has 0 saturated carbocycles. The predicted octanol–water partition coefficient (Wildman–Crippen LogP) is 5.73. The molecule has 0 aliphatic carbocycles. The molecule has 5 heteroatoms. The van der Waals surface area contributed by atoms with Crippen LogP contribution in [0.2, 0.25) is 0 Å². The van der Waals surface area contributed by atoms with Crippen LogP contribution in [0.1, 0.15) is 46.1 Å². The molecule has 148 valence electrons. The number of hydrogen-bond acceptors (Lipinski definition) is 4. The van der Waals surface area contributed by atoms with Crippen molar-refractivity contribution in [3.05, 3.63) is 94.4 Å². The van der Waals surface area contributed by atoms with Gasteiger partial charge in [-0.2, -0.15) is 0 Å². The molecule has 0 spiro atoms. The Morgan fingerprint density at radius 2 is 1.72 bits per heavy atom. The molecule has 4 nitrogen and oxygen atoms in total. The van der Waals surface area contributed by atoms with E-state index in [-0.39, 0.29) is 18.4 Å². The van der Waals surface area contributed by atoms with E-state index in [0.29, 0.717) is 10.6 Å². The fourth-order valence-electron chi connectivity index (χ4n) is 2.87. The van der Waals surface area contributed by atoms with Crippen LogP contribution < -0.4 is 5.32 Å². The van der Waals surface area contributed by atoms with Gasteiger partial charge < -0.3 is 10.1 Å². The lowest BCUT2D eigenvalue weighted by Crippen LogP contribution is -2.11. The number of carbonyl (C=O) groups excluding carboxylic acids is 2. The number of ether oxygens (including phenoxy) is 1. The number of esters is 1. The number of thiophene rings is 1. The van der Waals surface area contributed by atoms with E-state index in [1.807, 2.05) is 54.6 Å². The molecule has 2 aromatic carbocycles. The first kappa shape index (κ1) is 20.6. The number of amides is 1. The van der Waals surface area contributed by atoms with Gasteiger partial charge in [-0.25, -0.2) is 4.79 Å². The average Bonchev–Trinajstić information content (AvgIpc) is 3.17. The third-order valence-corrected chi connectivity index (χ3v) is 5.67. The topological polar surface area (TPSA) is 55.4 Å². The number of rotatable bonds is 7. The van der Waals surface area contributed by atoms with Crippen molar-refractivity contribution >= 4 is 34.3 Å². The largest absolute Gasteiger partial charge is 0.462 e. The number of hydrogen-bond donors (Lipinski definition) is 1. The number of carbonyl (C=O) groups is 2. The lowest BCUT2D eigenvalue weighted by Gasteiger charge is -2.08. The van der Waals surface area contributed by atoms with Crippen LogP contribution in [0.25, 0.3) is 6.08 Å². The number of nitrogens with one attached hydrogen (secondary N) is 1. The molecule has 3 aromatic rings. The molecule has 0 fully saturated rings. The molecule has 1 aromatic heterocycles. The lowest BCUT2D eigenvalue weighted by molar-refractivity contribution is -0.111. The summed E-state index contributed by atoms with van der Waals surface area (Å²) >= 11 is 1.40. The lowest BCUT2D eigenvalue weighted by atomic mass is 9.99. The second-order valence-electron chi connectivity index (χ2n) is 6.48. The minimum absolute atomic E-state index is 0.0971. The zero-order valence-corrected chi connectivity index (χ0v) is 17.2. The first-order valence-corrected chi connectivity index (χ1v) is 10.3. The summed E-state index contributed by atoms with van der Waals surface area (Å²) in [6, 6.07) is 21.4. The van der Waals surface area contributed by atoms with Gasteiger partial charge in [0.2, 0.25) is 5.91 Å². The Bertz CT molecular complexity index is 993. The van der Waals surface area contributed by atoms with E-state index in [0.717, 1.165) is 16.0 Å². The molecule has 1 atom stereocenters. The van der Waals surface area contributed by atoms with E-state index in [1.165, 1.54) is 17.4 Å². The van der Waals surface area contributed by atoms with E-state index in [4.69, 9.17) is 4.74 Å². The van der Waals surface area contributed by atoms with Gasteiger partial charge in [0, 0.05) is 16.9 Å². The third kappa shape index (κ3) is 5.42. The molecule has 1 heterocycles. The summed E-state index contributed by atoms with van der Waals surface area (Å²) in [4.78, 5) is 25.8. The molecular formula is C24H23NO3S. The van der Waals surface area contributed by atoms with Crippen LogP contribution in [-0.4, -0.2) is 18.5 Å². The second kappa shape index (κ2) is 9.85. The average molecular weight is 406 g/mol. The molecule has 0 unspecified atom stereocenters. The van der Waals surface area contributed by atoms with Crippen molar-refractivity contribution in [2.24, 2.45) is 0 Å². The third-order valence-electron chi connectivity index (χ3n) is 4.44. The molecule has 0 saturated heterocycles. The molecule has 0 aliphatic rings. The minimum Gasteiger partial charge on any atom is -0.462 e. The quantitative estimate of drug-likeness (QED) is 0.403. The minimum atomic E-state index is -0.433. The Morgan fingerprint density at radius 1 is 1.07 bits per heavy atom. The predicted molar refractivity (Wildman–Crippen MR) is 118 cm³/mol. The molecule has 0 aliphatic heterocycles. The smallest absolute Gasteiger partial charge is 0.341 e. The van der Waals surface area contributed by atoms with Gasteiger partial charge in [0.15, 0.2) is 0 Å². The monoisotopic (exact) mass is 405 g/mol. The highest BCUT2D eigenvalue weighted by Gasteiger charge is 2.21. The van der Waals surface area contributed by atoms with E-state index in [1.54, 1.807) is 13.0 Å². The Morgan fingerprint density at radius 3 is 2.38 bits per heavy atom. The van der Waals surface area contributed by atoms with Gasteiger partial charge in [-0.15, -0.1) is 11.3 Å². The summed E-state index contributed by atoms with van der Waals surface area (Å²) in [7, 11) is 0. The molecule has 29 heavy (non-hydrogen) atoms. The number of anilines is 1. The first-order valence-electron chi connectivity index (χ1n) is 9.48. The van der Waals surface area contributed by atoms with Gasteiger partial charge in [-0.05, 0) is 30.2 Å². The normalized spacial score (nSPS) is 11.9. The molecule has 1 N–H and O–H groups in total. The Balaban J connectivity index is 1.84. The van der Waals surface area contributed by atoms with Crippen LogP contribution in [0.3, 0.4) is 0 Å². The fourth-order valence-corrected chi connectivity index (χ4v) is 4.00. The molecule has 3 rings (SSSR count). The first-order chi connectivity index (χ1) is 14.1. The molecular weight excluding hydrogens is 382 g/mol. The Kier molecular flexibility index (Phi) is 6.98. The van der Waals surface area contributed by atoms with E-state index >= 15 is 0 Å². The summed E-state index contributed by atoms with van der Waals surface area (Å²) in [6.45, 7) is 4.12. The SMILES string of the molecule is CCOC(=O)c1cc([C@H](C)c2ccccc2)sc1NC(=O)/C=C/c1ccccc1. The van der Waals surface area contributed by atoms with Crippen molar-refractivity contribution in [1.29, 1.82) is 0 Å². The zero-order chi connectivity index (χ0) is 20.6. The van der Waals surface area contributed by atoms with E-state index in [2.05, 4.69) is 24.4 Å². The highest BCUT2D eigenvalue weighted by Crippen LogP contribution is 2.36. The van der Waals surface area contributed by atoms with Crippen LogP contribution in [0.5, 0.6) is 0 Å². The second-order valence-corrected chi connectivity index (χ2v) is 7.56. The Labute approximate surface area is 174 Å². The summed E-state index contributed by atoms with van der Waals surface area (Å²) < 4.78 is 5.18. The number of benzene rings is 2. The highest BCUT2D eigenvalue weighted by atomic mass is 32.1. The summed E-state index contributed by atoms with van der Waals surface area (Å²) in [6.07, 6.45) is 3.20. The van der Waals surface area contributed by atoms with Gasteiger partial charge in [0.05, 0.1) is 12.2 Å². The van der Waals surface area contributed by atoms with Crippen molar-refractivity contribution in [3.63, 3.8) is 0 Å². The van der Waals surface area contributed by atoms with Crippen LogP contribution >= 0.6 is 11.3 Å². The van der Waals surface area contributed by atoms with Crippen LogP contribution in [0.15, 0.2) is 72.8 Å². The van der Waals surface area contributed by atoms with Crippen molar-refractivity contribution in [3.8, 4) is 0 Å². The van der Waals surface area contributed by atoms with Gasteiger partial charge in [-0.3, -0.25) is 4.79 Å². The summed E-state index contributed by atoms with van der Waals surface area (Å²) in [5.74, 6) is -0.627. The Hall–Kier alpha value is -3.18. The summed E-state index contributed by atoms with van der Waals surface area (Å²) in [5.41, 5.74) is 2.46. The van der Waals surface area contributed by atoms with Crippen molar-refractivity contribution < 1.29 is 14.3 Å². The zero-order valence-electron chi connectivity index (χ0n) is 16.4. The van der Waals surface area contributed by atoms with Gasteiger partial charge in [-0.1, -0.05) is 67.6 Å². The van der Waals surface area contributed by atoms with Crippen LogP contribution in [0.4, 0.5) is 5.00 Å². The van der Waals surface area contributed by atoms with E-state index < -0.39 is 5.97 Å². The maximum atomic E-state index is 12.4. The summed E-state index contributed by atoms with van der Waals surface area (Å²) in [5, 5.41) is 3.34. The fraction of sp³-hybridized carbons (Fsp3) is 0.167. The van der Waals surface area contributed by atoms with Gasteiger partial charge >= 0.3 is 5.97 Å². The maximum Gasteiger partial charge on any atom is 0.341 e. The molecule has 0 radical (unpaired) electrons. The van der Waals surface area contributed by atoms with Crippen molar-refractivity contribution in [1.82, 2.24) is 0 Å². The van der Waals surface area contributed by atoms with Gasteiger partial charge in [0.25, 0.3) is 0 Å². The van der Waals surface area contributed by atoms with Crippen LogP contribution in [0, 0.1) is 0 Å². The van der Waals surface area contributed by atoms with Crippen molar-refractivity contribution in [2.75, 3.05) is 11.9 Å². The highest BCUT2D eigenvalue weighted by molar-refractivity contribution is 7.16.